The quantitative estimate of drug-likeness (QED) is 0.791. The van der Waals surface area contributed by atoms with Crippen molar-refractivity contribution in [1.29, 1.82) is 0 Å². The molecule has 2 aromatic rings. The average Bonchev–Trinajstić information content (AvgIpc) is 2.46. The van der Waals surface area contributed by atoms with Gasteiger partial charge in [-0.3, -0.25) is 4.79 Å². The largest absolute Gasteiger partial charge is 0.508 e. The lowest BCUT2D eigenvalue weighted by Gasteiger charge is -2.14. The fourth-order valence-corrected chi connectivity index (χ4v) is 2.11. The molecule has 0 fully saturated rings. The molecule has 0 heterocycles. The summed E-state index contributed by atoms with van der Waals surface area (Å²) < 4.78 is 0. The van der Waals surface area contributed by atoms with Gasteiger partial charge in [-0.2, -0.15) is 0 Å². The van der Waals surface area contributed by atoms with E-state index in [0.717, 1.165) is 18.9 Å². The molecule has 1 unspecified atom stereocenters. The number of phenols is 2. The zero-order valence-corrected chi connectivity index (χ0v) is 11.9. The summed E-state index contributed by atoms with van der Waals surface area (Å²) in [6.45, 7) is 1.93. The van der Waals surface area contributed by atoms with E-state index in [9.17, 15) is 15.0 Å². The number of aryl methyl sites for hydroxylation is 1. The Bertz CT molecular complexity index is 611. The van der Waals surface area contributed by atoms with Gasteiger partial charge in [-0.1, -0.05) is 30.3 Å². The molecule has 0 saturated heterocycles. The molecule has 0 spiro atoms. The molecule has 21 heavy (non-hydrogen) atoms. The molecule has 0 aliphatic carbocycles. The summed E-state index contributed by atoms with van der Waals surface area (Å²) >= 11 is 0. The van der Waals surface area contributed by atoms with Crippen LogP contribution >= 0.6 is 0 Å². The maximum atomic E-state index is 12.0. The Morgan fingerprint density at radius 1 is 1.14 bits per heavy atom. The normalized spacial score (nSPS) is 11.9. The van der Waals surface area contributed by atoms with Crippen LogP contribution in [0.2, 0.25) is 0 Å². The van der Waals surface area contributed by atoms with Crippen molar-refractivity contribution in [2.24, 2.45) is 0 Å². The van der Waals surface area contributed by atoms with Crippen LogP contribution in [0.5, 0.6) is 11.5 Å². The number of hydrogen-bond donors (Lipinski definition) is 3. The maximum absolute atomic E-state index is 12.0. The van der Waals surface area contributed by atoms with Gasteiger partial charge in [0, 0.05) is 12.1 Å². The van der Waals surface area contributed by atoms with Gasteiger partial charge in [-0.05, 0) is 37.5 Å². The van der Waals surface area contributed by atoms with Crippen molar-refractivity contribution in [2.45, 2.75) is 25.8 Å². The zero-order valence-electron chi connectivity index (χ0n) is 11.9. The van der Waals surface area contributed by atoms with Crippen molar-refractivity contribution in [1.82, 2.24) is 5.32 Å². The fraction of sp³-hybridized carbons (Fsp3) is 0.235. The van der Waals surface area contributed by atoms with Gasteiger partial charge in [0.15, 0.2) is 0 Å². The van der Waals surface area contributed by atoms with Gasteiger partial charge in [0.25, 0.3) is 5.91 Å². The minimum absolute atomic E-state index is 0.00842. The van der Waals surface area contributed by atoms with Crippen LogP contribution in [0.25, 0.3) is 0 Å². The van der Waals surface area contributed by atoms with Crippen LogP contribution < -0.4 is 5.32 Å². The molecule has 0 aromatic heterocycles. The van der Waals surface area contributed by atoms with E-state index in [4.69, 9.17) is 0 Å². The molecule has 110 valence electrons. The molecule has 0 aliphatic heterocycles. The van der Waals surface area contributed by atoms with Crippen molar-refractivity contribution >= 4 is 5.91 Å². The van der Waals surface area contributed by atoms with Crippen LogP contribution in [-0.4, -0.2) is 22.2 Å². The van der Waals surface area contributed by atoms with Crippen molar-refractivity contribution in [3.05, 3.63) is 59.7 Å². The highest BCUT2D eigenvalue weighted by molar-refractivity contribution is 5.97. The predicted molar refractivity (Wildman–Crippen MR) is 81.5 cm³/mol. The molecule has 0 bridgehead atoms. The van der Waals surface area contributed by atoms with E-state index in [2.05, 4.69) is 17.4 Å². The van der Waals surface area contributed by atoms with Crippen molar-refractivity contribution in [3.63, 3.8) is 0 Å². The van der Waals surface area contributed by atoms with Crippen LogP contribution in [0.1, 0.15) is 29.3 Å². The molecule has 4 nitrogen and oxygen atoms in total. The second-order valence-corrected chi connectivity index (χ2v) is 5.10. The van der Waals surface area contributed by atoms with Crippen LogP contribution in [0.15, 0.2) is 48.5 Å². The van der Waals surface area contributed by atoms with Crippen LogP contribution in [-0.2, 0) is 6.42 Å². The minimum Gasteiger partial charge on any atom is -0.508 e. The molecule has 0 radical (unpaired) electrons. The van der Waals surface area contributed by atoms with Crippen molar-refractivity contribution in [2.75, 3.05) is 0 Å². The van der Waals surface area contributed by atoms with E-state index in [1.54, 1.807) is 0 Å². The van der Waals surface area contributed by atoms with Gasteiger partial charge in [-0.25, -0.2) is 0 Å². The Morgan fingerprint density at radius 3 is 2.52 bits per heavy atom. The Labute approximate surface area is 124 Å². The lowest BCUT2D eigenvalue weighted by Crippen LogP contribution is -2.32. The monoisotopic (exact) mass is 285 g/mol. The highest BCUT2D eigenvalue weighted by Crippen LogP contribution is 2.22. The van der Waals surface area contributed by atoms with Gasteiger partial charge in [-0.15, -0.1) is 0 Å². The summed E-state index contributed by atoms with van der Waals surface area (Å²) in [6.07, 6.45) is 1.69. The molecular weight excluding hydrogens is 266 g/mol. The Kier molecular flexibility index (Phi) is 4.82. The number of carbonyl (C=O) groups excluding carboxylic acids is 1. The van der Waals surface area contributed by atoms with Crippen LogP contribution in [0.3, 0.4) is 0 Å². The van der Waals surface area contributed by atoms with Crippen molar-refractivity contribution in [3.8, 4) is 11.5 Å². The van der Waals surface area contributed by atoms with Gasteiger partial charge < -0.3 is 15.5 Å². The van der Waals surface area contributed by atoms with E-state index in [1.807, 2.05) is 25.1 Å². The van der Waals surface area contributed by atoms with Gasteiger partial charge in [0.05, 0.1) is 5.56 Å². The maximum Gasteiger partial charge on any atom is 0.255 e. The molecule has 4 heteroatoms. The molecule has 1 atom stereocenters. The first-order valence-corrected chi connectivity index (χ1v) is 6.93. The number of phenolic OH excluding ortho intramolecular Hbond substituents is 2. The summed E-state index contributed by atoms with van der Waals surface area (Å²) in [6, 6.07) is 14.0. The third-order valence-corrected chi connectivity index (χ3v) is 3.31. The van der Waals surface area contributed by atoms with Crippen LogP contribution in [0, 0.1) is 0 Å². The predicted octanol–water partition coefficient (Wildman–Crippen LogP) is 2.85. The smallest absolute Gasteiger partial charge is 0.255 e. The third-order valence-electron chi connectivity index (χ3n) is 3.31. The number of rotatable bonds is 5. The first-order valence-electron chi connectivity index (χ1n) is 6.93. The zero-order chi connectivity index (χ0) is 15.2. The van der Waals surface area contributed by atoms with E-state index < -0.39 is 0 Å². The highest BCUT2D eigenvalue weighted by Gasteiger charge is 2.14. The van der Waals surface area contributed by atoms with E-state index >= 15 is 0 Å². The second-order valence-electron chi connectivity index (χ2n) is 5.10. The summed E-state index contributed by atoms with van der Waals surface area (Å²) in [5.74, 6) is -0.628. The number of carbonyl (C=O) groups is 1. The van der Waals surface area contributed by atoms with E-state index in [0.29, 0.717) is 0 Å². The molecule has 0 saturated carbocycles. The Morgan fingerprint density at radius 2 is 1.86 bits per heavy atom. The lowest BCUT2D eigenvalue weighted by atomic mass is 10.1. The van der Waals surface area contributed by atoms with E-state index in [1.165, 1.54) is 17.7 Å². The lowest BCUT2D eigenvalue weighted by molar-refractivity contribution is 0.0936. The summed E-state index contributed by atoms with van der Waals surface area (Å²) in [7, 11) is 0. The van der Waals surface area contributed by atoms with Crippen molar-refractivity contribution < 1.29 is 15.0 Å². The van der Waals surface area contributed by atoms with E-state index in [-0.39, 0.29) is 29.0 Å². The van der Waals surface area contributed by atoms with Crippen LogP contribution in [0.4, 0.5) is 0 Å². The fourth-order valence-electron chi connectivity index (χ4n) is 2.11. The second kappa shape index (κ2) is 6.79. The standard InChI is InChI=1S/C17H19NO3/c1-12(7-8-13-5-3-2-4-6-13)18-17(21)15-10-9-14(19)11-16(15)20/h2-6,9-12,19-20H,7-8H2,1H3,(H,18,21). The van der Waals surface area contributed by atoms with Gasteiger partial charge in [0.2, 0.25) is 0 Å². The topological polar surface area (TPSA) is 69.6 Å². The molecule has 2 aromatic carbocycles. The number of nitrogens with one attached hydrogen (secondary N) is 1. The first kappa shape index (κ1) is 14.9. The Balaban J connectivity index is 1.90. The average molecular weight is 285 g/mol. The summed E-state index contributed by atoms with van der Waals surface area (Å²) in [5, 5.41) is 21.7. The number of hydrogen-bond acceptors (Lipinski definition) is 3. The molecule has 0 aliphatic rings. The molecule has 2 rings (SSSR count). The molecule has 1 amide bonds. The number of amides is 1. The van der Waals surface area contributed by atoms with Gasteiger partial charge in [0.1, 0.15) is 11.5 Å². The summed E-state index contributed by atoms with van der Waals surface area (Å²) in [4.78, 5) is 12.0. The third kappa shape index (κ3) is 4.24. The summed E-state index contributed by atoms with van der Waals surface area (Å²) in [5.41, 5.74) is 1.39. The minimum atomic E-state index is -0.340. The highest BCUT2D eigenvalue weighted by atomic mass is 16.3. The SMILES string of the molecule is CC(CCc1ccccc1)NC(=O)c1ccc(O)cc1O. The first-order chi connectivity index (χ1) is 10.1. The number of aromatic hydroxyl groups is 2. The molecule has 3 N–H and O–H groups in total. The van der Waals surface area contributed by atoms with Gasteiger partial charge >= 0.3 is 0 Å². The number of benzene rings is 2. The molecular formula is C17H19NO3. The Hall–Kier alpha value is -2.49.